The van der Waals surface area contributed by atoms with Gasteiger partial charge in [-0.3, -0.25) is 0 Å². The molecule has 3 atom stereocenters. The highest BCUT2D eigenvalue weighted by Gasteiger charge is 2.32. The van der Waals surface area contributed by atoms with Crippen molar-refractivity contribution in [1.29, 1.82) is 0 Å². The standard InChI is InChI=1S/C8H14O/c1-6-4-7-2-3-8(5-6)9-7/h6-8H,2-5H2,1H3/t6-,7+,8-. The summed E-state index contributed by atoms with van der Waals surface area (Å²) in [6.07, 6.45) is 6.56. The lowest BCUT2D eigenvalue weighted by Crippen LogP contribution is -2.22. The van der Waals surface area contributed by atoms with E-state index in [0.717, 1.165) is 5.92 Å². The zero-order valence-corrected chi connectivity index (χ0v) is 5.97. The fraction of sp³-hybridized carbons (Fsp3) is 1.00. The summed E-state index contributed by atoms with van der Waals surface area (Å²) < 4.78 is 5.67. The van der Waals surface area contributed by atoms with Gasteiger partial charge in [0.2, 0.25) is 0 Å². The van der Waals surface area contributed by atoms with Crippen molar-refractivity contribution >= 4 is 0 Å². The maximum Gasteiger partial charge on any atom is 0.0582 e. The van der Waals surface area contributed by atoms with Crippen molar-refractivity contribution in [2.75, 3.05) is 0 Å². The van der Waals surface area contributed by atoms with Crippen LogP contribution in [0.25, 0.3) is 0 Å². The van der Waals surface area contributed by atoms with E-state index in [1.54, 1.807) is 0 Å². The summed E-state index contributed by atoms with van der Waals surface area (Å²) >= 11 is 0. The quantitative estimate of drug-likeness (QED) is 0.482. The average Bonchev–Trinajstić information content (AvgIpc) is 2.11. The van der Waals surface area contributed by atoms with Crippen molar-refractivity contribution in [2.45, 2.75) is 44.8 Å². The molecule has 0 aromatic rings. The van der Waals surface area contributed by atoms with Crippen LogP contribution in [0.2, 0.25) is 0 Å². The number of ether oxygens (including phenoxy) is 1. The molecule has 52 valence electrons. The van der Waals surface area contributed by atoms with E-state index in [2.05, 4.69) is 6.92 Å². The first-order valence-electron chi connectivity index (χ1n) is 4.00. The summed E-state index contributed by atoms with van der Waals surface area (Å²) in [5, 5.41) is 0. The summed E-state index contributed by atoms with van der Waals surface area (Å²) in [6.45, 7) is 2.34. The molecular weight excluding hydrogens is 112 g/mol. The zero-order chi connectivity index (χ0) is 6.27. The molecule has 2 rings (SSSR count). The fourth-order valence-corrected chi connectivity index (χ4v) is 2.12. The topological polar surface area (TPSA) is 9.23 Å². The Morgan fingerprint density at radius 3 is 2.22 bits per heavy atom. The molecule has 2 saturated heterocycles. The van der Waals surface area contributed by atoms with Gasteiger partial charge in [0.15, 0.2) is 0 Å². The lowest BCUT2D eigenvalue weighted by atomic mass is 9.98. The summed E-state index contributed by atoms with van der Waals surface area (Å²) in [6, 6.07) is 0. The van der Waals surface area contributed by atoms with Crippen LogP contribution < -0.4 is 0 Å². The average molecular weight is 126 g/mol. The van der Waals surface area contributed by atoms with Crippen LogP contribution in [0, 0.1) is 5.92 Å². The van der Waals surface area contributed by atoms with Crippen LogP contribution in [0.1, 0.15) is 32.6 Å². The maximum atomic E-state index is 5.67. The number of hydrogen-bond donors (Lipinski definition) is 0. The third-order valence-corrected chi connectivity index (χ3v) is 2.53. The minimum atomic E-state index is 0.638. The van der Waals surface area contributed by atoms with Gasteiger partial charge in [-0.1, -0.05) is 6.92 Å². The van der Waals surface area contributed by atoms with E-state index < -0.39 is 0 Å². The van der Waals surface area contributed by atoms with Gasteiger partial charge < -0.3 is 4.74 Å². The molecule has 0 radical (unpaired) electrons. The summed E-state index contributed by atoms with van der Waals surface area (Å²) in [7, 11) is 0. The Hall–Kier alpha value is -0.0400. The molecule has 0 aromatic carbocycles. The van der Waals surface area contributed by atoms with Crippen molar-refractivity contribution in [2.24, 2.45) is 5.92 Å². The summed E-state index contributed by atoms with van der Waals surface area (Å²) in [5.41, 5.74) is 0. The largest absolute Gasteiger partial charge is 0.375 e. The van der Waals surface area contributed by atoms with E-state index in [0.29, 0.717) is 12.2 Å². The van der Waals surface area contributed by atoms with Crippen LogP contribution in [-0.2, 0) is 4.74 Å². The fourth-order valence-electron chi connectivity index (χ4n) is 2.12. The predicted octanol–water partition coefficient (Wildman–Crippen LogP) is 1.96. The molecule has 1 nitrogen and oxygen atoms in total. The van der Waals surface area contributed by atoms with Gasteiger partial charge in [0.1, 0.15) is 0 Å². The van der Waals surface area contributed by atoms with Crippen molar-refractivity contribution in [3.8, 4) is 0 Å². The Bertz CT molecular complexity index is 99.1. The molecule has 0 saturated carbocycles. The molecule has 9 heavy (non-hydrogen) atoms. The minimum Gasteiger partial charge on any atom is -0.375 e. The van der Waals surface area contributed by atoms with Gasteiger partial charge in [-0.2, -0.15) is 0 Å². The molecule has 2 bridgehead atoms. The van der Waals surface area contributed by atoms with Crippen molar-refractivity contribution < 1.29 is 4.74 Å². The van der Waals surface area contributed by atoms with Crippen LogP contribution in [0.4, 0.5) is 0 Å². The predicted molar refractivity (Wildman–Crippen MR) is 36.3 cm³/mol. The Kier molecular flexibility index (Phi) is 1.26. The highest BCUT2D eigenvalue weighted by molar-refractivity contribution is 4.82. The van der Waals surface area contributed by atoms with Gasteiger partial charge in [0, 0.05) is 0 Å². The molecule has 2 aliphatic rings. The van der Waals surface area contributed by atoms with Gasteiger partial charge in [-0.15, -0.1) is 0 Å². The monoisotopic (exact) mass is 126 g/mol. The number of hydrogen-bond acceptors (Lipinski definition) is 1. The van der Waals surface area contributed by atoms with Gasteiger partial charge in [-0.05, 0) is 31.6 Å². The lowest BCUT2D eigenvalue weighted by molar-refractivity contribution is -0.0152. The molecule has 0 amide bonds. The smallest absolute Gasteiger partial charge is 0.0582 e. The second-order valence-corrected chi connectivity index (χ2v) is 3.53. The minimum absolute atomic E-state index is 0.638. The van der Waals surface area contributed by atoms with Crippen molar-refractivity contribution in [3.63, 3.8) is 0 Å². The molecular formula is C8H14O. The lowest BCUT2D eigenvalue weighted by Gasteiger charge is -2.25. The normalized spacial score (nSPS) is 49.7. The van der Waals surface area contributed by atoms with Crippen molar-refractivity contribution in [1.82, 2.24) is 0 Å². The maximum absolute atomic E-state index is 5.67. The van der Waals surface area contributed by atoms with Gasteiger partial charge >= 0.3 is 0 Å². The van der Waals surface area contributed by atoms with E-state index in [1.165, 1.54) is 25.7 Å². The van der Waals surface area contributed by atoms with Gasteiger partial charge in [0.25, 0.3) is 0 Å². The van der Waals surface area contributed by atoms with E-state index in [4.69, 9.17) is 4.74 Å². The molecule has 0 aromatic heterocycles. The van der Waals surface area contributed by atoms with E-state index in [9.17, 15) is 0 Å². The molecule has 0 spiro atoms. The second-order valence-electron chi connectivity index (χ2n) is 3.53. The number of rotatable bonds is 0. The summed E-state index contributed by atoms with van der Waals surface area (Å²) in [4.78, 5) is 0. The first-order valence-corrected chi connectivity index (χ1v) is 4.00. The molecule has 0 unspecified atom stereocenters. The Labute approximate surface area is 56.4 Å². The first-order chi connectivity index (χ1) is 4.34. The first kappa shape index (κ1) is 5.72. The molecule has 2 fully saturated rings. The van der Waals surface area contributed by atoms with Gasteiger partial charge in [0.05, 0.1) is 12.2 Å². The van der Waals surface area contributed by atoms with Crippen LogP contribution >= 0.6 is 0 Å². The zero-order valence-electron chi connectivity index (χ0n) is 5.97. The van der Waals surface area contributed by atoms with Gasteiger partial charge in [-0.25, -0.2) is 0 Å². The van der Waals surface area contributed by atoms with E-state index in [-0.39, 0.29) is 0 Å². The molecule has 1 heteroatoms. The molecule has 0 aliphatic carbocycles. The molecule has 2 aliphatic heterocycles. The van der Waals surface area contributed by atoms with Crippen LogP contribution in [-0.4, -0.2) is 12.2 Å². The number of fused-ring (bicyclic) bond motifs is 2. The SMILES string of the molecule is C[C@H]1C[C@H]2CC[C@@H](C1)O2. The van der Waals surface area contributed by atoms with Crippen LogP contribution in [0.15, 0.2) is 0 Å². The summed E-state index contributed by atoms with van der Waals surface area (Å²) in [5.74, 6) is 0.927. The Balaban J connectivity index is 2.03. The third-order valence-electron chi connectivity index (χ3n) is 2.53. The van der Waals surface area contributed by atoms with Crippen LogP contribution in [0.3, 0.4) is 0 Å². The van der Waals surface area contributed by atoms with E-state index in [1.807, 2.05) is 0 Å². The molecule has 0 N–H and O–H groups in total. The highest BCUT2D eigenvalue weighted by Crippen LogP contribution is 2.35. The molecule has 2 heterocycles. The van der Waals surface area contributed by atoms with Crippen LogP contribution in [0.5, 0.6) is 0 Å². The Morgan fingerprint density at radius 1 is 1.11 bits per heavy atom. The van der Waals surface area contributed by atoms with Crippen molar-refractivity contribution in [3.05, 3.63) is 0 Å². The Morgan fingerprint density at radius 2 is 1.67 bits per heavy atom. The third kappa shape index (κ3) is 0.983. The second kappa shape index (κ2) is 1.98. The highest BCUT2D eigenvalue weighted by atomic mass is 16.5. The van der Waals surface area contributed by atoms with E-state index >= 15 is 0 Å².